The highest BCUT2D eigenvalue weighted by molar-refractivity contribution is 7.89. The average Bonchev–Trinajstić information content (AvgIpc) is 3.07. The molecule has 0 aliphatic carbocycles. The fraction of sp³-hybridized carbons (Fsp3) is 0.588. The van der Waals surface area contributed by atoms with Gasteiger partial charge in [0.25, 0.3) is 0 Å². The van der Waals surface area contributed by atoms with Gasteiger partial charge < -0.3 is 10.1 Å². The predicted octanol–water partition coefficient (Wildman–Crippen LogP) is 2.27. The predicted molar refractivity (Wildman–Crippen MR) is 91.1 cm³/mol. The van der Waals surface area contributed by atoms with Crippen LogP contribution in [0.15, 0.2) is 29.2 Å². The number of nitrogens with one attached hydrogen (secondary N) is 2. The Bertz CT molecular complexity index is 739. The number of anilines is 1. The van der Waals surface area contributed by atoms with Gasteiger partial charge in [-0.25, -0.2) is 13.1 Å². The maximum Gasteiger partial charge on any atom is 0.243 e. The van der Waals surface area contributed by atoms with Crippen molar-refractivity contribution in [2.24, 2.45) is 5.92 Å². The van der Waals surface area contributed by atoms with Crippen molar-refractivity contribution >= 4 is 21.6 Å². The quantitative estimate of drug-likeness (QED) is 0.870. The van der Waals surface area contributed by atoms with Crippen molar-refractivity contribution in [1.29, 1.82) is 0 Å². The van der Waals surface area contributed by atoms with Gasteiger partial charge in [-0.05, 0) is 52.2 Å². The SMILES string of the molecule is CC(C)(C)NS(=O)(=O)c1ccccc1NC(=O)C1CC2CCC1O2. The van der Waals surface area contributed by atoms with E-state index in [1.165, 1.54) is 6.07 Å². The third kappa shape index (κ3) is 3.63. The van der Waals surface area contributed by atoms with Crippen LogP contribution in [0.1, 0.15) is 40.0 Å². The van der Waals surface area contributed by atoms with Crippen molar-refractivity contribution in [2.45, 2.75) is 62.7 Å². The second-order valence-corrected chi connectivity index (χ2v) is 9.21. The molecule has 0 saturated carbocycles. The summed E-state index contributed by atoms with van der Waals surface area (Å²) >= 11 is 0. The number of para-hydroxylation sites is 1. The Kier molecular flexibility index (Phi) is 4.44. The molecule has 3 rings (SSSR count). The zero-order valence-electron chi connectivity index (χ0n) is 14.2. The fourth-order valence-corrected chi connectivity index (χ4v) is 4.98. The molecule has 0 aromatic heterocycles. The van der Waals surface area contributed by atoms with Crippen molar-refractivity contribution in [3.8, 4) is 0 Å². The van der Waals surface area contributed by atoms with E-state index in [1.54, 1.807) is 39.0 Å². The molecule has 2 N–H and O–H groups in total. The van der Waals surface area contributed by atoms with E-state index < -0.39 is 15.6 Å². The van der Waals surface area contributed by atoms with Crippen LogP contribution in [0.5, 0.6) is 0 Å². The van der Waals surface area contributed by atoms with Crippen molar-refractivity contribution in [2.75, 3.05) is 5.32 Å². The third-order valence-corrected chi connectivity index (χ3v) is 6.13. The zero-order chi connectivity index (χ0) is 17.5. The van der Waals surface area contributed by atoms with Crippen LogP contribution in [0.4, 0.5) is 5.69 Å². The van der Waals surface area contributed by atoms with Crippen LogP contribution in [0.3, 0.4) is 0 Å². The molecule has 2 bridgehead atoms. The van der Waals surface area contributed by atoms with Gasteiger partial charge in [0.2, 0.25) is 15.9 Å². The third-order valence-electron chi connectivity index (χ3n) is 4.32. The van der Waals surface area contributed by atoms with Gasteiger partial charge in [0.15, 0.2) is 0 Å². The molecule has 132 valence electrons. The molecule has 0 radical (unpaired) electrons. The maximum atomic E-state index is 12.6. The lowest BCUT2D eigenvalue weighted by Crippen LogP contribution is -2.41. The fourth-order valence-electron chi connectivity index (χ4n) is 3.40. The van der Waals surface area contributed by atoms with Crippen LogP contribution in [0.25, 0.3) is 0 Å². The van der Waals surface area contributed by atoms with Crippen LogP contribution < -0.4 is 10.0 Å². The maximum absolute atomic E-state index is 12.6. The summed E-state index contributed by atoms with van der Waals surface area (Å²) in [7, 11) is -3.72. The van der Waals surface area contributed by atoms with E-state index in [1.807, 2.05) is 0 Å². The number of benzene rings is 1. The molecule has 0 spiro atoms. The number of ether oxygens (including phenoxy) is 1. The number of hydrogen-bond donors (Lipinski definition) is 2. The molecule has 2 saturated heterocycles. The Morgan fingerprint density at radius 1 is 1.21 bits per heavy atom. The lowest BCUT2D eigenvalue weighted by atomic mass is 9.88. The lowest BCUT2D eigenvalue weighted by molar-refractivity contribution is -0.121. The Hall–Kier alpha value is -1.44. The number of carbonyl (C=O) groups is 1. The molecule has 24 heavy (non-hydrogen) atoms. The molecule has 7 heteroatoms. The summed E-state index contributed by atoms with van der Waals surface area (Å²) in [6.07, 6.45) is 2.76. The van der Waals surface area contributed by atoms with Gasteiger partial charge in [-0.2, -0.15) is 0 Å². The average molecular weight is 352 g/mol. The van der Waals surface area contributed by atoms with Crippen molar-refractivity contribution in [1.82, 2.24) is 4.72 Å². The summed E-state index contributed by atoms with van der Waals surface area (Å²) in [6, 6.07) is 6.47. The summed E-state index contributed by atoms with van der Waals surface area (Å²) < 4.78 is 33.6. The molecule has 3 atom stereocenters. The standard InChI is InChI=1S/C17H24N2O4S/c1-17(2,3)19-24(21,22)15-7-5-4-6-13(15)18-16(20)12-10-11-8-9-14(12)23-11/h4-7,11-12,14,19H,8-10H2,1-3H3,(H,18,20). The molecule has 1 amide bonds. The lowest BCUT2D eigenvalue weighted by Gasteiger charge is -2.22. The highest BCUT2D eigenvalue weighted by Crippen LogP contribution is 2.39. The van der Waals surface area contributed by atoms with Crippen LogP contribution in [0, 0.1) is 5.92 Å². The monoisotopic (exact) mass is 352 g/mol. The largest absolute Gasteiger partial charge is 0.374 e. The minimum Gasteiger partial charge on any atom is -0.374 e. The smallest absolute Gasteiger partial charge is 0.243 e. The van der Waals surface area contributed by atoms with Crippen LogP contribution in [0.2, 0.25) is 0 Å². The Labute approximate surface area is 143 Å². The van der Waals surface area contributed by atoms with Gasteiger partial charge in [-0.3, -0.25) is 4.79 Å². The number of carbonyl (C=O) groups excluding carboxylic acids is 1. The van der Waals surface area contributed by atoms with E-state index in [0.29, 0.717) is 12.1 Å². The van der Waals surface area contributed by atoms with E-state index in [4.69, 9.17) is 4.74 Å². The molecular weight excluding hydrogens is 328 g/mol. The highest BCUT2D eigenvalue weighted by atomic mass is 32.2. The minimum absolute atomic E-state index is 0.0357. The van der Waals surface area contributed by atoms with E-state index in [2.05, 4.69) is 10.0 Å². The van der Waals surface area contributed by atoms with E-state index in [0.717, 1.165) is 12.8 Å². The molecule has 6 nitrogen and oxygen atoms in total. The van der Waals surface area contributed by atoms with Crippen LogP contribution in [-0.2, 0) is 19.6 Å². The summed E-state index contributed by atoms with van der Waals surface area (Å²) in [5.74, 6) is -0.365. The summed E-state index contributed by atoms with van der Waals surface area (Å²) in [5.41, 5.74) is -0.295. The Morgan fingerprint density at radius 2 is 1.92 bits per heavy atom. The van der Waals surface area contributed by atoms with Gasteiger partial charge in [-0.15, -0.1) is 0 Å². The van der Waals surface area contributed by atoms with Gasteiger partial charge in [0, 0.05) is 5.54 Å². The Balaban J connectivity index is 1.81. The normalized spacial score (nSPS) is 26.5. The number of rotatable bonds is 4. The summed E-state index contributed by atoms with van der Waals surface area (Å²) in [4.78, 5) is 12.6. The van der Waals surface area contributed by atoms with Gasteiger partial charge in [0.1, 0.15) is 4.90 Å². The topological polar surface area (TPSA) is 84.5 Å². The minimum atomic E-state index is -3.72. The molecule has 1 aromatic rings. The second-order valence-electron chi connectivity index (χ2n) is 7.56. The number of amides is 1. The molecule has 2 aliphatic heterocycles. The molecule has 2 heterocycles. The first-order valence-corrected chi connectivity index (χ1v) is 9.73. The van der Waals surface area contributed by atoms with Crippen LogP contribution >= 0.6 is 0 Å². The van der Waals surface area contributed by atoms with Crippen molar-refractivity contribution < 1.29 is 17.9 Å². The first kappa shape index (κ1) is 17.4. The molecular formula is C17H24N2O4S. The molecule has 3 unspecified atom stereocenters. The number of fused-ring (bicyclic) bond motifs is 2. The first-order valence-electron chi connectivity index (χ1n) is 8.25. The van der Waals surface area contributed by atoms with Crippen molar-refractivity contribution in [3.05, 3.63) is 24.3 Å². The highest BCUT2D eigenvalue weighted by Gasteiger charge is 2.44. The molecule has 2 aliphatic rings. The van der Waals surface area contributed by atoms with Gasteiger partial charge in [0.05, 0.1) is 23.8 Å². The van der Waals surface area contributed by atoms with E-state index in [9.17, 15) is 13.2 Å². The molecule has 2 fully saturated rings. The second kappa shape index (κ2) is 6.13. The van der Waals surface area contributed by atoms with Crippen molar-refractivity contribution in [3.63, 3.8) is 0 Å². The van der Waals surface area contributed by atoms with E-state index in [-0.39, 0.29) is 28.9 Å². The Morgan fingerprint density at radius 3 is 2.50 bits per heavy atom. The zero-order valence-corrected chi connectivity index (χ0v) is 15.0. The molecule has 1 aromatic carbocycles. The van der Waals surface area contributed by atoms with E-state index >= 15 is 0 Å². The first-order chi connectivity index (χ1) is 11.2. The number of hydrogen-bond acceptors (Lipinski definition) is 4. The van der Waals surface area contributed by atoms with Gasteiger partial charge in [-0.1, -0.05) is 12.1 Å². The van der Waals surface area contributed by atoms with Crippen LogP contribution in [-0.4, -0.2) is 32.1 Å². The number of sulfonamides is 1. The summed E-state index contributed by atoms with van der Waals surface area (Å²) in [6.45, 7) is 5.33. The summed E-state index contributed by atoms with van der Waals surface area (Å²) in [5, 5.41) is 2.79. The van der Waals surface area contributed by atoms with Gasteiger partial charge >= 0.3 is 0 Å².